The van der Waals surface area contributed by atoms with Gasteiger partial charge in [0.2, 0.25) is 0 Å². The van der Waals surface area contributed by atoms with Gasteiger partial charge in [-0.2, -0.15) is 74.2 Å². The molecule has 0 aromatic heterocycles. The van der Waals surface area contributed by atoms with Gasteiger partial charge in [0.1, 0.15) is 0 Å². The van der Waals surface area contributed by atoms with Gasteiger partial charge in [-0.3, -0.25) is 0 Å². The topological polar surface area (TPSA) is 13.0 Å². The molecular formula is C55H90N4SSc2-6. The number of para-hydroxylation sites is 4. The zero-order valence-electron chi connectivity index (χ0n) is 42.8. The van der Waals surface area contributed by atoms with Crippen LogP contribution in [-0.2, 0) is 51.7 Å². The molecule has 4 atom stereocenters. The van der Waals surface area contributed by atoms with Gasteiger partial charge in [0.25, 0.3) is 0 Å². The van der Waals surface area contributed by atoms with Gasteiger partial charge < -0.3 is 34.5 Å². The largest absolute Gasteiger partial charge is 0.428 e. The quantitative estimate of drug-likeness (QED) is 0.185. The van der Waals surface area contributed by atoms with E-state index in [9.17, 15) is 0 Å². The van der Waals surface area contributed by atoms with Crippen LogP contribution in [0.1, 0.15) is 82.1 Å². The molecule has 4 aromatic rings. The molecular weight excluding hydrogens is 839 g/mol. The summed E-state index contributed by atoms with van der Waals surface area (Å²) >= 11 is 0. The van der Waals surface area contributed by atoms with Crippen molar-refractivity contribution < 1.29 is 51.7 Å². The van der Waals surface area contributed by atoms with E-state index in [1.54, 1.807) is 0 Å². The second-order valence-corrected chi connectivity index (χ2v) is 22.1. The van der Waals surface area contributed by atoms with Crippen molar-refractivity contribution >= 4 is 32.8 Å². The van der Waals surface area contributed by atoms with E-state index in [0.29, 0.717) is 0 Å². The van der Waals surface area contributed by atoms with E-state index in [2.05, 4.69) is 118 Å². The standard InChI is InChI=1S/C12H26S.4C9H12N.C5H10.2CH3.2Sc/c1-8-9(2)11(4)12(10(8)3)13(5,6)7;4*1-8-6-4-5-7-9(8)10(2)3;1-2-4-5-3-1;;;;/h8-12H,1-7H3;4*4-7H,1H2,2-3H3;1-5H2;2*1H3;;/q;4*-1;;2*-1;;. The summed E-state index contributed by atoms with van der Waals surface area (Å²) < 4.78 is 0. The number of hydrogen-bond acceptors (Lipinski definition) is 4. The van der Waals surface area contributed by atoms with Crippen molar-refractivity contribution in [3.63, 3.8) is 0 Å². The molecule has 0 heterocycles. The minimum atomic E-state index is -0.367. The third kappa shape index (κ3) is 23.5. The maximum atomic E-state index is 3.90. The Balaban J connectivity index is -0.000000325. The van der Waals surface area contributed by atoms with Crippen molar-refractivity contribution in [3.05, 3.63) is 162 Å². The SMILES string of the molecule is C1CCCC1.CC1C(C)C(C)C(S(C)(C)C)C1C.[CH2-]c1ccccc1N(C)C.[CH2-]c1ccccc1N(C)C.[CH2-]c1ccccc1N(C)C.[CH2-]c1ccccc1N(C)C.[CH3-].[CH3-].[Sc].[Sc]. The van der Waals surface area contributed by atoms with Gasteiger partial charge in [-0.05, 0) is 104 Å². The first-order valence-electron chi connectivity index (χ1n) is 21.1. The third-order valence-corrected chi connectivity index (χ3v) is 14.0. The molecule has 0 amide bonds. The van der Waals surface area contributed by atoms with Crippen molar-refractivity contribution in [2.24, 2.45) is 23.7 Å². The van der Waals surface area contributed by atoms with Gasteiger partial charge >= 0.3 is 0 Å². The zero-order valence-corrected chi connectivity index (χ0v) is 47.3. The van der Waals surface area contributed by atoms with Crippen LogP contribution in [0.25, 0.3) is 0 Å². The number of anilines is 4. The fourth-order valence-electron chi connectivity index (χ4n) is 8.00. The molecule has 2 aliphatic carbocycles. The third-order valence-electron chi connectivity index (χ3n) is 11.5. The molecule has 4 nitrogen and oxygen atoms in total. The molecule has 4 unspecified atom stereocenters. The van der Waals surface area contributed by atoms with Gasteiger partial charge in [-0.25, -0.2) is 10.0 Å². The van der Waals surface area contributed by atoms with Crippen LogP contribution < -0.4 is 19.6 Å². The summed E-state index contributed by atoms with van der Waals surface area (Å²) in [5.74, 6) is 3.71. The second-order valence-electron chi connectivity index (χ2n) is 17.7. The Bertz CT molecular complexity index is 1480. The average molecular weight is 929 g/mol. The van der Waals surface area contributed by atoms with Crippen molar-refractivity contribution in [1.82, 2.24) is 0 Å². The Kier molecular flexibility index (Phi) is 36.4. The molecule has 2 radical (unpaired) electrons. The molecule has 0 spiro atoms. The zero-order chi connectivity index (χ0) is 44.2. The van der Waals surface area contributed by atoms with E-state index in [0.717, 1.165) is 51.2 Å². The van der Waals surface area contributed by atoms with Crippen LogP contribution in [0.4, 0.5) is 22.7 Å². The van der Waals surface area contributed by atoms with Crippen molar-refractivity contribution in [2.45, 2.75) is 65.0 Å². The maximum Gasteiger partial charge on any atom is 0 e. The molecule has 62 heavy (non-hydrogen) atoms. The normalized spacial score (nSPS) is 18.1. The van der Waals surface area contributed by atoms with Crippen LogP contribution in [0.15, 0.2) is 97.1 Å². The van der Waals surface area contributed by atoms with Crippen LogP contribution in [-0.4, -0.2) is 80.4 Å². The van der Waals surface area contributed by atoms with E-state index < -0.39 is 0 Å². The Labute approximate surface area is 426 Å². The number of hydrogen-bond donors (Lipinski definition) is 0. The molecule has 0 saturated heterocycles. The summed E-state index contributed by atoms with van der Waals surface area (Å²) in [6, 6.07) is 32.3. The Morgan fingerprint density at radius 3 is 0.661 bits per heavy atom. The summed E-state index contributed by atoms with van der Waals surface area (Å²) in [7, 11) is 15.8. The average Bonchev–Trinajstić information content (AvgIpc) is 3.81. The van der Waals surface area contributed by atoms with Crippen LogP contribution >= 0.6 is 10.0 Å². The monoisotopic (exact) mass is 929 g/mol. The van der Waals surface area contributed by atoms with E-state index >= 15 is 0 Å². The van der Waals surface area contributed by atoms with Crippen LogP contribution in [0.3, 0.4) is 0 Å². The van der Waals surface area contributed by atoms with E-state index in [4.69, 9.17) is 0 Å². The maximum absolute atomic E-state index is 3.90. The summed E-state index contributed by atoms with van der Waals surface area (Å²) in [6.45, 7) is 25.4. The van der Waals surface area contributed by atoms with Crippen molar-refractivity contribution in [3.8, 4) is 0 Å². The van der Waals surface area contributed by atoms with Crippen LogP contribution in [0.2, 0.25) is 0 Å². The predicted octanol–water partition coefficient (Wildman–Crippen LogP) is 14.2. The Morgan fingerprint density at radius 1 is 0.371 bits per heavy atom. The van der Waals surface area contributed by atoms with Gasteiger partial charge in [-0.1, -0.05) is 131 Å². The first kappa shape index (κ1) is 66.3. The predicted molar refractivity (Wildman–Crippen MR) is 283 cm³/mol. The smallest absolute Gasteiger partial charge is 0 e. The molecule has 348 valence electrons. The molecule has 4 aromatic carbocycles. The van der Waals surface area contributed by atoms with Gasteiger partial charge in [0, 0.05) is 51.7 Å². The minimum absolute atomic E-state index is 0. The molecule has 0 bridgehead atoms. The van der Waals surface area contributed by atoms with Crippen LogP contribution in [0, 0.1) is 66.2 Å². The van der Waals surface area contributed by atoms with E-state index in [-0.39, 0.29) is 76.6 Å². The summed E-state index contributed by atoms with van der Waals surface area (Å²) in [5.41, 5.74) is 9.04. The molecule has 0 N–H and O–H groups in total. The fourth-order valence-corrected chi connectivity index (χ4v) is 11.1. The van der Waals surface area contributed by atoms with Gasteiger partial charge in [0.15, 0.2) is 0 Å². The first-order chi connectivity index (χ1) is 27.1. The Morgan fingerprint density at radius 2 is 0.548 bits per heavy atom. The Hall–Kier alpha value is -2.35. The number of rotatable bonds is 5. The summed E-state index contributed by atoms with van der Waals surface area (Å²) in [5, 5.41) is 0.984. The van der Waals surface area contributed by atoms with Crippen molar-refractivity contribution in [1.29, 1.82) is 0 Å². The van der Waals surface area contributed by atoms with E-state index in [1.165, 1.54) is 54.9 Å². The first-order valence-corrected chi connectivity index (χ1v) is 24.1. The molecule has 0 aliphatic heterocycles. The van der Waals surface area contributed by atoms with Gasteiger partial charge in [0.05, 0.1) is 0 Å². The van der Waals surface area contributed by atoms with Gasteiger partial charge in [-0.15, -0.1) is 24.3 Å². The van der Waals surface area contributed by atoms with Crippen LogP contribution in [0.5, 0.6) is 0 Å². The molecule has 7 heteroatoms. The summed E-state index contributed by atoms with van der Waals surface area (Å²) in [4.78, 5) is 8.23. The number of nitrogens with zero attached hydrogens (tertiary/aromatic N) is 4. The van der Waals surface area contributed by atoms with Crippen molar-refractivity contribution in [2.75, 3.05) is 94.7 Å². The summed E-state index contributed by atoms with van der Waals surface area (Å²) in [6.07, 6.45) is 14.9. The molecule has 2 aliphatic rings. The van der Waals surface area contributed by atoms with E-state index in [1.807, 2.05) is 129 Å². The molecule has 2 saturated carbocycles. The molecule has 2 fully saturated rings. The molecule has 6 rings (SSSR count). The fraction of sp³-hybridized carbons (Fsp3) is 0.455. The number of benzene rings is 4. The second kappa shape index (κ2) is 34.1. The minimum Gasteiger partial charge on any atom is -0.428 e.